The summed E-state index contributed by atoms with van der Waals surface area (Å²) in [6.07, 6.45) is 4.25. The lowest BCUT2D eigenvalue weighted by Gasteiger charge is -2.21. The molecule has 0 amide bonds. The highest BCUT2D eigenvalue weighted by molar-refractivity contribution is 5.98. The normalized spacial score (nSPS) is 16.1. The lowest BCUT2D eigenvalue weighted by molar-refractivity contribution is 0.0958. The Morgan fingerprint density at radius 2 is 1.97 bits per heavy atom. The summed E-state index contributed by atoms with van der Waals surface area (Å²) in [4.78, 5) is 30.5. The third-order valence-corrected chi connectivity index (χ3v) is 5.25. The number of hydrogen-bond donors (Lipinski definition) is 1. The molecule has 0 fully saturated rings. The van der Waals surface area contributed by atoms with Crippen LogP contribution in [-0.4, -0.2) is 25.7 Å². The number of carbonyl (C=O) groups excluding carboxylic acids is 1. The maximum atomic E-state index is 12.5. The van der Waals surface area contributed by atoms with Crippen LogP contribution < -0.4 is 5.32 Å². The van der Waals surface area contributed by atoms with Gasteiger partial charge in [0.2, 0.25) is 11.9 Å². The van der Waals surface area contributed by atoms with E-state index in [0.29, 0.717) is 36.0 Å². The Bertz CT molecular complexity index is 1230. The predicted molar refractivity (Wildman–Crippen MR) is 108 cm³/mol. The van der Waals surface area contributed by atoms with E-state index >= 15 is 0 Å². The first kappa shape index (κ1) is 17.5. The number of benzene rings is 1. The molecule has 1 aliphatic carbocycles. The molecule has 0 radical (unpaired) electrons. The van der Waals surface area contributed by atoms with Crippen molar-refractivity contribution in [2.45, 2.75) is 32.6 Å². The quantitative estimate of drug-likeness (QED) is 0.562. The van der Waals surface area contributed by atoms with Crippen molar-refractivity contribution in [3.05, 3.63) is 71.1 Å². The van der Waals surface area contributed by atoms with Crippen molar-refractivity contribution in [2.24, 2.45) is 0 Å². The van der Waals surface area contributed by atoms with E-state index in [-0.39, 0.29) is 11.7 Å². The molecule has 4 aromatic rings. The number of fused-ring (bicyclic) bond motifs is 2. The molecule has 3 aromatic heterocycles. The number of hydrogen-bond acceptors (Lipinski definition) is 7. The molecule has 1 unspecified atom stereocenters. The first-order chi connectivity index (χ1) is 14.1. The standard InChI is InChI=1S/C22H19N5O2/c1-12-5-6-17-15(8-12)13(2)24-22(25-17)27-21-23-11-16-18(26-21)9-14(10-19(16)28)20-4-3-7-29-20/h3-8,11,14H,9-10H2,1-2H3,(H,23,24,25,26,27). The van der Waals surface area contributed by atoms with Crippen LogP contribution in [0.3, 0.4) is 0 Å². The van der Waals surface area contributed by atoms with Crippen LogP contribution in [0.5, 0.6) is 0 Å². The second kappa shape index (κ2) is 6.77. The molecule has 0 saturated carbocycles. The van der Waals surface area contributed by atoms with E-state index in [2.05, 4.69) is 31.3 Å². The van der Waals surface area contributed by atoms with Crippen molar-refractivity contribution in [2.75, 3.05) is 5.32 Å². The summed E-state index contributed by atoms with van der Waals surface area (Å²) in [5.41, 5.74) is 4.19. The maximum Gasteiger partial charge on any atom is 0.230 e. The van der Waals surface area contributed by atoms with Crippen molar-refractivity contribution < 1.29 is 9.21 Å². The minimum Gasteiger partial charge on any atom is -0.469 e. The number of ketones is 1. The molecule has 7 nitrogen and oxygen atoms in total. The molecule has 1 atom stereocenters. The van der Waals surface area contributed by atoms with Crippen molar-refractivity contribution in [3.8, 4) is 0 Å². The Morgan fingerprint density at radius 3 is 2.79 bits per heavy atom. The third kappa shape index (κ3) is 3.24. The Hall–Kier alpha value is -3.61. The molecule has 1 N–H and O–H groups in total. The second-order valence-corrected chi connectivity index (χ2v) is 7.38. The average Bonchev–Trinajstić information content (AvgIpc) is 3.23. The molecule has 1 aromatic carbocycles. The van der Waals surface area contributed by atoms with E-state index < -0.39 is 0 Å². The zero-order valence-corrected chi connectivity index (χ0v) is 16.1. The monoisotopic (exact) mass is 385 g/mol. The minimum absolute atomic E-state index is 0.00449. The second-order valence-electron chi connectivity index (χ2n) is 7.38. The Kier molecular flexibility index (Phi) is 4.08. The van der Waals surface area contributed by atoms with Gasteiger partial charge in [-0.25, -0.2) is 19.9 Å². The van der Waals surface area contributed by atoms with Crippen molar-refractivity contribution in [3.63, 3.8) is 0 Å². The first-order valence-electron chi connectivity index (χ1n) is 9.51. The summed E-state index contributed by atoms with van der Waals surface area (Å²) in [5.74, 6) is 1.65. The smallest absolute Gasteiger partial charge is 0.230 e. The Balaban J connectivity index is 1.46. The highest BCUT2D eigenvalue weighted by Crippen LogP contribution is 2.32. The van der Waals surface area contributed by atoms with Gasteiger partial charge in [-0.1, -0.05) is 11.6 Å². The number of Topliss-reactive ketones (excluding diaryl/α,β-unsaturated/α-hetero) is 1. The summed E-state index contributed by atoms with van der Waals surface area (Å²) in [7, 11) is 0. The van der Waals surface area contributed by atoms with E-state index in [1.165, 1.54) is 5.56 Å². The fourth-order valence-electron chi connectivity index (χ4n) is 3.78. The number of carbonyl (C=O) groups is 1. The molecule has 0 bridgehead atoms. The zero-order valence-electron chi connectivity index (χ0n) is 16.1. The van der Waals surface area contributed by atoms with Crippen molar-refractivity contribution >= 4 is 28.6 Å². The molecular formula is C22H19N5O2. The molecule has 0 saturated heterocycles. The molecule has 0 aliphatic heterocycles. The van der Waals surface area contributed by atoms with Crippen LogP contribution in [0.25, 0.3) is 10.9 Å². The Labute approximate surface area is 167 Å². The van der Waals surface area contributed by atoms with Crippen LogP contribution in [0, 0.1) is 13.8 Å². The van der Waals surface area contributed by atoms with Crippen LogP contribution in [0.4, 0.5) is 11.9 Å². The summed E-state index contributed by atoms with van der Waals surface area (Å²) in [6, 6.07) is 9.81. The van der Waals surface area contributed by atoms with Crippen molar-refractivity contribution in [1.29, 1.82) is 0 Å². The molecule has 29 heavy (non-hydrogen) atoms. The SMILES string of the molecule is Cc1ccc2nc(Nc3ncc4c(n3)CC(c3ccco3)CC4=O)nc(C)c2c1. The summed E-state index contributed by atoms with van der Waals surface area (Å²) in [5, 5.41) is 4.11. The highest BCUT2D eigenvalue weighted by atomic mass is 16.3. The molecule has 0 spiro atoms. The third-order valence-electron chi connectivity index (χ3n) is 5.25. The predicted octanol–water partition coefficient (Wildman–Crippen LogP) is 4.29. The fourth-order valence-corrected chi connectivity index (χ4v) is 3.78. The highest BCUT2D eigenvalue weighted by Gasteiger charge is 2.29. The average molecular weight is 385 g/mol. The summed E-state index contributed by atoms with van der Waals surface area (Å²) >= 11 is 0. The van der Waals surface area contributed by atoms with Crippen molar-refractivity contribution in [1.82, 2.24) is 19.9 Å². The minimum atomic E-state index is -0.00449. The van der Waals surface area contributed by atoms with Gasteiger partial charge in [-0.3, -0.25) is 10.1 Å². The van der Waals surface area contributed by atoms with E-state index in [4.69, 9.17) is 4.42 Å². The van der Waals surface area contributed by atoms with Gasteiger partial charge in [0.15, 0.2) is 5.78 Å². The lowest BCUT2D eigenvalue weighted by Crippen LogP contribution is -2.21. The van der Waals surface area contributed by atoms with Gasteiger partial charge in [-0.05, 0) is 38.1 Å². The van der Waals surface area contributed by atoms with Crippen LogP contribution in [-0.2, 0) is 6.42 Å². The molecular weight excluding hydrogens is 366 g/mol. The van der Waals surface area contributed by atoms with E-state index in [1.807, 2.05) is 38.1 Å². The van der Waals surface area contributed by atoms with Gasteiger partial charge in [0.25, 0.3) is 0 Å². The summed E-state index contributed by atoms with van der Waals surface area (Å²) < 4.78 is 5.49. The fraction of sp³-hybridized carbons (Fsp3) is 0.227. The van der Waals surface area contributed by atoms with E-state index in [9.17, 15) is 4.79 Å². The van der Waals surface area contributed by atoms with Gasteiger partial charge in [0, 0.05) is 30.3 Å². The summed E-state index contributed by atoms with van der Waals surface area (Å²) in [6.45, 7) is 4.00. The van der Waals surface area contributed by atoms with Gasteiger partial charge < -0.3 is 4.42 Å². The van der Waals surface area contributed by atoms with E-state index in [1.54, 1.807) is 12.5 Å². The topological polar surface area (TPSA) is 93.8 Å². The first-order valence-corrected chi connectivity index (χ1v) is 9.51. The number of anilines is 2. The molecule has 5 rings (SSSR count). The number of nitrogens with one attached hydrogen (secondary N) is 1. The zero-order chi connectivity index (χ0) is 20.0. The molecule has 3 heterocycles. The van der Waals surface area contributed by atoms with Gasteiger partial charge in [-0.15, -0.1) is 0 Å². The molecule has 1 aliphatic rings. The van der Waals surface area contributed by atoms with Crippen LogP contribution in [0.2, 0.25) is 0 Å². The van der Waals surface area contributed by atoms with Crippen LogP contribution in [0.15, 0.2) is 47.2 Å². The number of furan rings is 1. The number of nitrogens with zero attached hydrogens (tertiary/aromatic N) is 4. The number of rotatable bonds is 3. The van der Waals surface area contributed by atoms with Gasteiger partial charge in [0.1, 0.15) is 5.76 Å². The van der Waals surface area contributed by atoms with Gasteiger partial charge in [-0.2, -0.15) is 0 Å². The van der Waals surface area contributed by atoms with E-state index in [0.717, 1.165) is 22.4 Å². The largest absolute Gasteiger partial charge is 0.469 e. The lowest BCUT2D eigenvalue weighted by atomic mass is 9.85. The van der Waals surface area contributed by atoms with Gasteiger partial charge >= 0.3 is 0 Å². The van der Waals surface area contributed by atoms with Crippen LogP contribution in [0.1, 0.15) is 45.4 Å². The van der Waals surface area contributed by atoms with Gasteiger partial charge in [0.05, 0.1) is 28.7 Å². The maximum absolute atomic E-state index is 12.5. The van der Waals surface area contributed by atoms with Crippen LogP contribution >= 0.6 is 0 Å². The molecule has 144 valence electrons. The molecule has 7 heteroatoms. The number of aryl methyl sites for hydroxylation is 2. The number of aromatic nitrogens is 4. The Morgan fingerprint density at radius 1 is 1.07 bits per heavy atom.